The van der Waals surface area contributed by atoms with Gasteiger partial charge in [0.15, 0.2) is 0 Å². The highest BCUT2D eigenvalue weighted by molar-refractivity contribution is 7.45. The summed E-state index contributed by atoms with van der Waals surface area (Å²) in [5.74, 6) is 2.26. The standard InChI is InChI=1S/C23H23O5P/c1-14-10-16(24-3)12-18-19-13-17(25-4)11-15(2)23(19)28-29(27-22(14)18)21-9-7-6-8-20(21)26-5/h6-13H,1-5H3. The van der Waals surface area contributed by atoms with Gasteiger partial charge in [-0.1, -0.05) is 12.1 Å². The minimum atomic E-state index is -1.46. The van der Waals surface area contributed by atoms with Gasteiger partial charge in [-0.2, -0.15) is 0 Å². The highest BCUT2D eigenvalue weighted by atomic mass is 31.1. The smallest absolute Gasteiger partial charge is 0.256 e. The summed E-state index contributed by atoms with van der Waals surface area (Å²) in [5, 5.41) is 2.71. The molecule has 5 nitrogen and oxygen atoms in total. The molecular formula is C23H23O5P. The summed E-state index contributed by atoms with van der Waals surface area (Å²) in [4.78, 5) is 0. The highest BCUT2D eigenvalue weighted by Gasteiger charge is 2.16. The molecule has 0 radical (unpaired) electrons. The van der Waals surface area contributed by atoms with Crippen molar-refractivity contribution in [1.82, 2.24) is 0 Å². The zero-order valence-electron chi connectivity index (χ0n) is 17.1. The van der Waals surface area contributed by atoms with Crippen LogP contribution in [-0.2, 0) is 0 Å². The van der Waals surface area contributed by atoms with Crippen molar-refractivity contribution in [2.75, 3.05) is 21.3 Å². The van der Waals surface area contributed by atoms with Crippen LogP contribution in [-0.4, -0.2) is 21.3 Å². The summed E-state index contributed by atoms with van der Waals surface area (Å²) in [7, 11) is 3.52. The summed E-state index contributed by atoms with van der Waals surface area (Å²) < 4.78 is 29.6. The van der Waals surface area contributed by atoms with Crippen LogP contribution in [0.15, 0.2) is 56.9 Å². The maximum absolute atomic E-state index is 6.49. The number of benzene rings is 3. The minimum Gasteiger partial charge on any atom is -0.497 e. The van der Waals surface area contributed by atoms with Gasteiger partial charge in [0.2, 0.25) is 0 Å². The monoisotopic (exact) mass is 410 g/mol. The van der Waals surface area contributed by atoms with E-state index in [0.717, 1.165) is 55.6 Å². The number of fused-ring (bicyclic) bond motifs is 3. The first-order valence-corrected chi connectivity index (χ1v) is 10.4. The van der Waals surface area contributed by atoms with Crippen molar-refractivity contribution >= 4 is 30.0 Å². The Hall–Kier alpha value is -3.04. The molecule has 3 aromatic carbocycles. The number of rotatable bonds is 4. The lowest BCUT2D eigenvalue weighted by molar-refractivity contribution is 0.414. The van der Waals surface area contributed by atoms with E-state index in [1.54, 1.807) is 21.3 Å². The fourth-order valence-corrected chi connectivity index (χ4v) is 5.03. The number of hydrogen-bond donors (Lipinski definition) is 0. The molecule has 0 bridgehead atoms. The van der Waals surface area contributed by atoms with Crippen LogP contribution in [0.2, 0.25) is 0 Å². The van der Waals surface area contributed by atoms with Crippen molar-refractivity contribution in [2.45, 2.75) is 13.8 Å². The van der Waals surface area contributed by atoms with Crippen LogP contribution in [0.3, 0.4) is 0 Å². The van der Waals surface area contributed by atoms with Crippen LogP contribution in [0.1, 0.15) is 11.1 Å². The molecule has 0 aliphatic rings. The summed E-state index contributed by atoms with van der Waals surface area (Å²) in [6.45, 7) is 4.02. The van der Waals surface area contributed by atoms with Gasteiger partial charge in [-0.25, -0.2) is 0 Å². The van der Waals surface area contributed by atoms with Crippen molar-refractivity contribution < 1.29 is 22.6 Å². The van der Waals surface area contributed by atoms with E-state index in [4.69, 9.17) is 22.6 Å². The van der Waals surface area contributed by atoms with Gasteiger partial charge in [-0.05, 0) is 61.4 Å². The SMILES string of the molecule is COc1cc(C)c2op(-c3ccccc3OC)oc3c(C)cc(OC)cc3c2c1. The van der Waals surface area contributed by atoms with Gasteiger partial charge in [0.1, 0.15) is 33.7 Å². The average molecular weight is 410 g/mol. The number of methoxy groups -OCH3 is 3. The van der Waals surface area contributed by atoms with Crippen molar-refractivity contribution in [3.63, 3.8) is 0 Å². The number of hydrogen-bond acceptors (Lipinski definition) is 5. The molecule has 0 amide bonds. The molecule has 0 spiro atoms. The van der Waals surface area contributed by atoms with Crippen LogP contribution in [0.4, 0.5) is 0 Å². The fraction of sp³-hybridized carbons (Fsp3) is 0.217. The first-order valence-electron chi connectivity index (χ1n) is 9.22. The van der Waals surface area contributed by atoms with Crippen molar-refractivity contribution in [2.24, 2.45) is 0 Å². The normalized spacial score (nSPS) is 10.9. The molecule has 0 saturated carbocycles. The molecule has 0 N–H and O–H groups in total. The lowest BCUT2D eigenvalue weighted by Crippen LogP contribution is -1.87. The Morgan fingerprint density at radius 1 is 0.690 bits per heavy atom. The van der Waals surface area contributed by atoms with E-state index in [0.29, 0.717) is 0 Å². The van der Waals surface area contributed by atoms with Gasteiger partial charge >= 0.3 is 0 Å². The van der Waals surface area contributed by atoms with Crippen LogP contribution in [0.5, 0.6) is 17.2 Å². The molecule has 0 saturated heterocycles. The van der Waals surface area contributed by atoms with Crippen molar-refractivity contribution in [3.05, 3.63) is 59.7 Å². The average Bonchev–Trinajstić information content (AvgIpc) is 2.91. The van der Waals surface area contributed by atoms with Gasteiger partial charge in [-0.3, -0.25) is 0 Å². The van der Waals surface area contributed by atoms with E-state index >= 15 is 0 Å². The molecule has 150 valence electrons. The van der Waals surface area contributed by atoms with Gasteiger partial charge in [-0.15, -0.1) is 0 Å². The second-order valence-electron chi connectivity index (χ2n) is 6.75. The predicted octanol–water partition coefficient (Wildman–Crippen LogP) is 6.92. The number of ether oxygens (including phenoxy) is 3. The Balaban J connectivity index is 2.23. The maximum Gasteiger partial charge on any atom is 0.256 e. The molecule has 0 aliphatic carbocycles. The number of para-hydroxylation sites is 1. The molecule has 1 heterocycles. The Morgan fingerprint density at radius 2 is 1.21 bits per heavy atom. The lowest BCUT2D eigenvalue weighted by atomic mass is 10.1. The van der Waals surface area contributed by atoms with Gasteiger partial charge < -0.3 is 22.6 Å². The molecule has 29 heavy (non-hydrogen) atoms. The van der Waals surface area contributed by atoms with Crippen LogP contribution >= 0.6 is 8.01 Å². The van der Waals surface area contributed by atoms with Crippen LogP contribution < -0.4 is 14.2 Å². The molecule has 6 heteroatoms. The Morgan fingerprint density at radius 3 is 1.69 bits per heavy atom. The molecule has 0 aliphatic heterocycles. The molecule has 0 fully saturated rings. The van der Waals surface area contributed by atoms with E-state index in [1.807, 2.05) is 62.4 Å². The van der Waals surface area contributed by atoms with E-state index < -0.39 is 8.01 Å². The van der Waals surface area contributed by atoms with E-state index in [2.05, 4.69) is 0 Å². The van der Waals surface area contributed by atoms with Gasteiger partial charge in [0, 0.05) is 10.8 Å². The zero-order valence-corrected chi connectivity index (χ0v) is 18.0. The Bertz CT molecular complexity index is 1170. The quantitative estimate of drug-likeness (QED) is 0.365. The lowest BCUT2D eigenvalue weighted by Gasteiger charge is -2.06. The molecule has 0 atom stereocenters. The van der Waals surface area contributed by atoms with E-state index in [9.17, 15) is 0 Å². The first-order chi connectivity index (χ1) is 14.0. The Kier molecular flexibility index (Phi) is 5.16. The largest absolute Gasteiger partial charge is 0.497 e. The highest BCUT2D eigenvalue weighted by Crippen LogP contribution is 2.48. The van der Waals surface area contributed by atoms with Gasteiger partial charge in [0.05, 0.1) is 21.3 Å². The fourth-order valence-electron chi connectivity index (χ4n) is 3.42. The third-order valence-corrected chi connectivity index (χ3v) is 6.35. The van der Waals surface area contributed by atoms with Crippen LogP contribution in [0.25, 0.3) is 27.2 Å². The van der Waals surface area contributed by atoms with Crippen LogP contribution in [0, 0.1) is 13.8 Å². The van der Waals surface area contributed by atoms with E-state index in [-0.39, 0.29) is 0 Å². The summed E-state index contributed by atoms with van der Waals surface area (Å²) in [6, 6.07) is 15.7. The molecule has 0 unspecified atom stereocenters. The second-order valence-corrected chi connectivity index (χ2v) is 8.11. The summed E-state index contributed by atoms with van der Waals surface area (Å²) in [5.41, 5.74) is 3.49. The zero-order chi connectivity index (χ0) is 20.5. The third kappa shape index (κ3) is 3.43. The molecule has 1 aromatic heterocycles. The predicted molar refractivity (Wildman–Crippen MR) is 117 cm³/mol. The molecule has 4 rings (SSSR count). The van der Waals surface area contributed by atoms with E-state index in [1.165, 1.54) is 0 Å². The Labute approximate surface area is 170 Å². The molecule has 4 aromatic rings. The number of aryl methyl sites for hydroxylation is 2. The summed E-state index contributed by atoms with van der Waals surface area (Å²) >= 11 is 0. The third-order valence-electron chi connectivity index (χ3n) is 4.89. The topological polar surface area (TPSA) is 54.0 Å². The minimum absolute atomic E-state index is 0.737. The maximum atomic E-state index is 6.49. The second kappa shape index (κ2) is 7.76. The van der Waals surface area contributed by atoms with Crippen molar-refractivity contribution in [1.29, 1.82) is 0 Å². The first kappa shape index (κ1) is 19.3. The molecular weight excluding hydrogens is 387 g/mol. The van der Waals surface area contributed by atoms with Gasteiger partial charge in [0.25, 0.3) is 8.01 Å². The summed E-state index contributed by atoms with van der Waals surface area (Å²) in [6.07, 6.45) is 0. The van der Waals surface area contributed by atoms with Crippen molar-refractivity contribution in [3.8, 4) is 22.6 Å².